The topological polar surface area (TPSA) is 75.9 Å². The summed E-state index contributed by atoms with van der Waals surface area (Å²) in [6.07, 6.45) is 5.78. The molecule has 0 bridgehead atoms. The Labute approximate surface area is 218 Å². The summed E-state index contributed by atoms with van der Waals surface area (Å²) in [5.74, 6) is 2.43. The number of aliphatic imine (C=N–C) groups is 1. The van der Waals surface area contributed by atoms with Gasteiger partial charge in [0, 0.05) is 69.0 Å². The van der Waals surface area contributed by atoms with Gasteiger partial charge in [-0.3, -0.25) is 4.99 Å². The maximum Gasteiger partial charge on any atom is 0.191 e. The van der Waals surface area contributed by atoms with Gasteiger partial charge in [0.15, 0.2) is 5.96 Å². The lowest BCUT2D eigenvalue weighted by Crippen LogP contribution is -2.48. The average Bonchev–Trinajstić information content (AvgIpc) is 3.41. The second-order valence-electron chi connectivity index (χ2n) is 7.98. The van der Waals surface area contributed by atoms with Crippen molar-refractivity contribution in [2.45, 2.75) is 25.4 Å². The number of hydrogen-bond donors (Lipinski definition) is 2. The summed E-state index contributed by atoms with van der Waals surface area (Å²) < 4.78 is 12.7. The van der Waals surface area contributed by atoms with Crippen molar-refractivity contribution in [1.29, 1.82) is 0 Å². The highest BCUT2D eigenvalue weighted by molar-refractivity contribution is 14.0. The Kier molecular flexibility index (Phi) is 9.43. The van der Waals surface area contributed by atoms with E-state index in [-0.39, 0.29) is 24.0 Å². The van der Waals surface area contributed by atoms with Crippen molar-refractivity contribution >= 4 is 35.6 Å². The van der Waals surface area contributed by atoms with Crippen LogP contribution in [-0.2, 0) is 6.54 Å². The number of aromatic nitrogens is 2. The molecule has 2 heterocycles. The highest BCUT2D eigenvalue weighted by Crippen LogP contribution is 2.30. The third-order valence-corrected chi connectivity index (χ3v) is 5.95. The molecule has 2 aromatic carbocycles. The number of nitrogens with one attached hydrogen (secondary N) is 2. The molecule has 0 unspecified atom stereocenters. The first kappa shape index (κ1) is 25.7. The maximum atomic E-state index is 5.42. The van der Waals surface area contributed by atoms with Crippen LogP contribution in [-0.4, -0.2) is 56.1 Å². The number of guanidine groups is 1. The van der Waals surface area contributed by atoms with E-state index in [0.717, 1.165) is 60.3 Å². The molecule has 1 saturated heterocycles. The monoisotopic (exact) mass is 576 g/mol. The highest BCUT2D eigenvalue weighted by atomic mass is 127. The first-order chi connectivity index (χ1) is 16.2. The summed E-state index contributed by atoms with van der Waals surface area (Å²) in [7, 11) is 5.17. The predicted molar refractivity (Wildman–Crippen MR) is 147 cm³/mol. The molecular formula is C25H33IN6O2. The standard InChI is InChI=1S/C25H32N6O2.HI/c1-26-25(27-18-19-7-4-5-8-24(19)31-12-6-11-28-31)29-20-9-13-30(14-10-20)21-15-22(32-2)17-23(16-21)33-3;/h4-8,11-12,15-17,20H,9-10,13-14,18H2,1-3H3,(H2,26,27,29);1H. The van der Waals surface area contributed by atoms with E-state index in [0.29, 0.717) is 12.6 Å². The first-order valence-corrected chi connectivity index (χ1v) is 11.2. The molecule has 1 fully saturated rings. The fourth-order valence-electron chi connectivity index (χ4n) is 4.12. The van der Waals surface area contributed by atoms with Gasteiger partial charge < -0.3 is 25.0 Å². The van der Waals surface area contributed by atoms with Crippen molar-refractivity contribution < 1.29 is 9.47 Å². The van der Waals surface area contributed by atoms with Crippen LogP contribution in [0.1, 0.15) is 18.4 Å². The van der Waals surface area contributed by atoms with Crippen molar-refractivity contribution in [3.8, 4) is 17.2 Å². The number of rotatable bonds is 7. The molecule has 0 saturated carbocycles. The Balaban J connectivity index is 0.00000324. The summed E-state index contributed by atoms with van der Waals surface area (Å²) in [5, 5.41) is 11.4. The van der Waals surface area contributed by atoms with Gasteiger partial charge in [-0.25, -0.2) is 4.68 Å². The summed E-state index contributed by atoms with van der Waals surface area (Å²) in [6.45, 7) is 2.57. The minimum Gasteiger partial charge on any atom is -0.497 e. The molecule has 8 nitrogen and oxygen atoms in total. The predicted octanol–water partition coefficient (Wildman–Crippen LogP) is 3.84. The third kappa shape index (κ3) is 6.34. The molecule has 0 radical (unpaired) electrons. The van der Waals surface area contributed by atoms with Crippen molar-refractivity contribution in [2.75, 3.05) is 39.3 Å². The Morgan fingerprint density at radius 1 is 1.06 bits per heavy atom. The Bertz CT molecular complexity index is 1040. The molecule has 2 N–H and O–H groups in total. The molecule has 182 valence electrons. The zero-order valence-corrected chi connectivity index (χ0v) is 22.2. The summed E-state index contributed by atoms with van der Waals surface area (Å²) >= 11 is 0. The van der Waals surface area contributed by atoms with Crippen LogP contribution in [0.25, 0.3) is 5.69 Å². The van der Waals surface area contributed by atoms with Crippen molar-refractivity contribution in [3.05, 3.63) is 66.5 Å². The second kappa shape index (κ2) is 12.5. The second-order valence-corrected chi connectivity index (χ2v) is 7.98. The number of benzene rings is 2. The van der Waals surface area contributed by atoms with Gasteiger partial charge in [-0.1, -0.05) is 18.2 Å². The fourth-order valence-corrected chi connectivity index (χ4v) is 4.12. The molecule has 1 aliphatic heterocycles. The van der Waals surface area contributed by atoms with Gasteiger partial charge in [0.2, 0.25) is 0 Å². The van der Waals surface area contributed by atoms with Gasteiger partial charge in [-0.05, 0) is 30.5 Å². The van der Waals surface area contributed by atoms with Gasteiger partial charge in [0.1, 0.15) is 11.5 Å². The Morgan fingerprint density at radius 2 is 1.76 bits per heavy atom. The molecule has 9 heteroatoms. The number of halogens is 1. The summed E-state index contributed by atoms with van der Waals surface area (Å²) in [4.78, 5) is 6.81. The number of anilines is 1. The van der Waals surface area contributed by atoms with Crippen LogP contribution in [0.5, 0.6) is 11.5 Å². The third-order valence-electron chi connectivity index (χ3n) is 5.95. The average molecular weight is 576 g/mol. The Morgan fingerprint density at radius 3 is 2.38 bits per heavy atom. The van der Waals surface area contributed by atoms with E-state index in [9.17, 15) is 0 Å². The van der Waals surface area contributed by atoms with Crippen LogP contribution >= 0.6 is 24.0 Å². The van der Waals surface area contributed by atoms with Crippen LogP contribution < -0.4 is 25.0 Å². The molecule has 0 spiro atoms. The highest BCUT2D eigenvalue weighted by Gasteiger charge is 2.21. The van der Waals surface area contributed by atoms with Gasteiger partial charge in [-0.15, -0.1) is 24.0 Å². The van der Waals surface area contributed by atoms with Crippen LogP contribution in [0.4, 0.5) is 5.69 Å². The smallest absolute Gasteiger partial charge is 0.191 e. The zero-order valence-electron chi connectivity index (χ0n) is 19.9. The van der Waals surface area contributed by atoms with E-state index < -0.39 is 0 Å². The molecular weight excluding hydrogens is 543 g/mol. The number of nitrogens with zero attached hydrogens (tertiary/aromatic N) is 4. The number of hydrogen-bond acceptors (Lipinski definition) is 5. The molecule has 34 heavy (non-hydrogen) atoms. The van der Waals surface area contributed by atoms with E-state index in [4.69, 9.17) is 9.47 Å². The summed E-state index contributed by atoms with van der Waals surface area (Å²) in [5.41, 5.74) is 3.35. The van der Waals surface area contributed by atoms with Crippen LogP contribution in [0.15, 0.2) is 65.9 Å². The van der Waals surface area contributed by atoms with Gasteiger partial charge in [-0.2, -0.15) is 5.10 Å². The van der Waals surface area contributed by atoms with Crippen LogP contribution in [0.3, 0.4) is 0 Å². The van der Waals surface area contributed by atoms with Crippen LogP contribution in [0, 0.1) is 0 Å². The maximum absolute atomic E-state index is 5.42. The molecule has 1 aliphatic rings. The van der Waals surface area contributed by atoms with E-state index in [2.05, 4.69) is 49.9 Å². The molecule has 3 aromatic rings. The number of para-hydroxylation sites is 1. The number of ether oxygens (including phenoxy) is 2. The molecule has 4 rings (SSSR count). The van der Waals surface area contributed by atoms with E-state index in [1.807, 2.05) is 42.2 Å². The normalized spacial score (nSPS) is 14.3. The Hall–Kier alpha value is -2.95. The first-order valence-electron chi connectivity index (χ1n) is 11.2. The van der Waals surface area contributed by atoms with Gasteiger partial charge in [0.25, 0.3) is 0 Å². The fraction of sp³-hybridized carbons (Fsp3) is 0.360. The number of methoxy groups -OCH3 is 2. The zero-order chi connectivity index (χ0) is 23.0. The lowest BCUT2D eigenvalue weighted by molar-refractivity contribution is 0.393. The van der Waals surface area contributed by atoms with Crippen molar-refractivity contribution in [3.63, 3.8) is 0 Å². The lowest BCUT2D eigenvalue weighted by Gasteiger charge is -2.34. The minimum atomic E-state index is 0. The molecule has 0 aliphatic carbocycles. The minimum absolute atomic E-state index is 0. The van der Waals surface area contributed by atoms with Gasteiger partial charge >= 0.3 is 0 Å². The van der Waals surface area contributed by atoms with E-state index in [1.54, 1.807) is 20.4 Å². The molecule has 1 aromatic heterocycles. The quantitative estimate of drug-likeness (QED) is 0.253. The largest absolute Gasteiger partial charge is 0.497 e. The van der Waals surface area contributed by atoms with E-state index in [1.165, 1.54) is 0 Å². The summed E-state index contributed by atoms with van der Waals surface area (Å²) in [6, 6.07) is 16.6. The van der Waals surface area contributed by atoms with Crippen molar-refractivity contribution in [2.24, 2.45) is 4.99 Å². The van der Waals surface area contributed by atoms with E-state index >= 15 is 0 Å². The van der Waals surface area contributed by atoms with Crippen molar-refractivity contribution in [1.82, 2.24) is 20.4 Å². The van der Waals surface area contributed by atoms with Gasteiger partial charge in [0.05, 0.1) is 19.9 Å². The SMILES string of the molecule is CN=C(NCc1ccccc1-n1cccn1)NC1CCN(c2cc(OC)cc(OC)c2)CC1.I. The lowest BCUT2D eigenvalue weighted by atomic mass is 10.0. The van der Waals surface area contributed by atoms with Crippen LogP contribution in [0.2, 0.25) is 0 Å². The number of piperidine rings is 1. The molecule has 0 atom stereocenters. The molecule has 0 amide bonds.